The van der Waals surface area contributed by atoms with Gasteiger partial charge in [0.05, 0.1) is 17.3 Å². The molecular formula is C14H24N2OS. The molecule has 0 atom stereocenters. The van der Waals surface area contributed by atoms with Crippen molar-refractivity contribution in [2.45, 2.75) is 58.6 Å². The molecule has 1 N–H and O–H groups in total. The fourth-order valence-electron chi connectivity index (χ4n) is 2.76. The summed E-state index contributed by atoms with van der Waals surface area (Å²) in [6.07, 6.45) is 3.55. The summed E-state index contributed by atoms with van der Waals surface area (Å²) in [5, 5.41) is 4.89. The number of aryl methyl sites for hydroxylation is 2. The summed E-state index contributed by atoms with van der Waals surface area (Å²) in [5.74, 6) is 0. The van der Waals surface area contributed by atoms with Gasteiger partial charge in [-0.1, -0.05) is 13.8 Å². The molecule has 18 heavy (non-hydrogen) atoms. The Balaban J connectivity index is 2.15. The Bertz CT molecular complexity index is 396. The third kappa shape index (κ3) is 2.46. The molecule has 4 heteroatoms. The molecule has 0 radical (unpaired) electrons. The molecule has 102 valence electrons. The largest absolute Gasteiger partial charge is 0.378 e. The molecule has 3 nitrogen and oxygen atoms in total. The van der Waals surface area contributed by atoms with Gasteiger partial charge < -0.3 is 10.1 Å². The number of hydrogen-bond acceptors (Lipinski definition) is 4. The van der Waals surface area contributed by atoms with E-state index in [-0.39, 0.29) is 5.54 Å². The number of nitrogens with zero attached hydrogens (tertiary/aromatic N) is 1. The van der Waals surface area contributed by atoms with E-state index in [0.717, 1.165) is 32.4 Å². The average Bonchev–Trinajstić information content (AvgIpc) is 2.68. The number of nitrogens with one attached hydrogen (secondary N) is 1. The quantitative estimate of drug-likeness (QED) is 0.861. The number of ether oxygens (including phenoxy) is 1. The van der Waals surface area contributed by atoms with Gasteiger partial charge >= 0.3 is 0 Å². The molecule has 1 aromatic rings. The number of hydrogen-bond donors (Lipinski definition) is 1. The van der Waals surface area contributed by atoms with Crippen molar-refractivity contribution in [3.05, 3.63) is 15.6 Å². The maximum absolute atomic E-state index is 5.70. The van der Waals surface area contributed by atoms with Crippen molar-refractivity contribution in [2.24, 2.45) is 0 Å². The Kier molecular flexibility index (Phi) is 4.41. The molecule has 0 aliphatic heterocycles. The maximum atomic E-state index is 5.70. The Hall–Kier alpha value is -0.450. The summed E-state index contributed by atoms with van der Waals surface area (Å²) < 4.78 is 5.70. The SMILES string of the molecule is CCNC1(c2nc(CC)c(C)s2)CC(OCC)C1. The van der Waals surface area contributed by atoms with Gasteiger partial charge in [-0.3, -0.25) is 0 Å². The Morgan fingerprint density at radius 2 is 2.11 bits per heavy atom. The molecule has 1 fully saturated rings. The van der Waals surface area contributed by atoms with Crippen LogP contribution in [0.3, 0.4) is 0 Å². The minimum atomic E-state index is 0.0808. The summed E-state index contributed by atoms with van der Waals surface area (Å²) >= 11 is 1.85. The summed E-state index contributed by atoms with van der Waals surface area (Å²) in [7, 11) is 0. The minimum absolute atomic E-state index is 0.0808. The van der Waals surface area contributed by atoms with Crippen LogP contribution in [0.25, 0.3) is 0 Å². The predicted molar refractivity (Wildman–Crippen MR) is 76.2 cm³/mol. The predicted octanol–water partition coefficient (Wildman–Crippen LogP) is 3.02. The molecule has 0 spiro atoms. The second kappa shape index (κ2) is 5.68. The van der Waals surface area contributed by atoms with Gasteiger partial charge in [0.15, 0.2) is 0 Å². The highest BCUT2D eigenvalue weighted by molar-refractivity contribution is 7.11. The molecule has 1 aromatic heterocycles. The van der Waals surface area contributed by atoms with E-state index in [4.69, 9.17) is 9.72 Å². The van der Waals surface area contributed by atoms with Crippen molar-refractivity contribution in [1.29, 1.82) is 0 Å². The highest BCUT2D eigenvalue weighted by Crippen LogP contribution is 2.45. The van der Waals surface area contributed by atoms with Crippen LogP contribution < -0.4 is 5.32 Å². The second-order valence-corrected chi connectivity index (χ2v) is 6.18. The van der Waals surface area contributed by atoms with E-state index in [1.165, 1.54) is 15.6 Å². The van der Waals surface area contributed by atoms with E-state index in [2.05, 4.69) is 33.0 Å². The van der Waals surface area contributed by atoms with Gasteiger partial charge in [-0.25, -0.2) is 4.98 Å². The first kappa shape index (κ1) is 14.0. The monoisotopic (exact) mass is 268 g/mol. The molecule has 1 heterocycles. The lowest BCUT2D eigenvalue weighted by atomic mass is 9.74. The lowest BCUT2D eigenvalue weighted by molar-refractivity contribution is -0.0531. The van der Waals surface area contributed by atoms with Gasteiger partial charge in [-0.15, -0.1) is 11.3 Å². The van der Waals surface area contributed by atoms with Crippen LogP contribution in [0.5, 0.6) is 0 Å². The van der Waals surface area contributed by atoms with E-state index >= 15 is 0 Å². The van der Waals surface area contributed by atoms with Crippen molar-refractivity contribution >= 4 is 11.3 Å². The number of rotatable bonds is 6. The molecule has 0 aromatic carbocycles. The van der Waals surface area contributed by atoms with Crippen LogP contribution in [-0.4, -0.2) is 24.2 Å². The number of aromatic nitrogens is 1. The van der Waals surface area contributed by atoms with Gasteiger partial charge in [0, 0.05) is 11.5 Å². The fraction of sp³-hybridized carbons (Fsp3) is 0.786. The minimum Gasteiger partial charge on any atom is -0.378 e. The van der Waals surface area contributed by atoms with Crippen LogP contribution in [0.2, 0.25) is 0 Å². The molecule has 1 aliphatic rings. The van der Waals surface area contributed by atoms with Crippen molar-refractivity contribution < 1.29 is 4.74 Å². The maximum Gasteiger partial charge on any atom is 0.113 e. The van der Waals surface area contributed by atoms with Crippen molar-refractivity contribution in [3.63, 3.8) is 0 Å². The standard InChI is InChI=1S/C14H24N2OS/c1-5-12-10(4)18-13(16-12)14(15-6-2)8-11(9-14)17-7-3/h11,15H,5-9H2,1-4H3. The summed E-state index contributed by atoms with van der Waals surface area (Å²) in [6.45, 7) is 10.4. The third-order valence-electron chi connectivity index (χ3n) is 3.71. The first-order valence-electron chi connectivity index (χ1n) is 6.98. The summed E-state index contributed by atoms with van der Waals surface area (Å²) in [4.78, 5) is 6.20. The lowest BCUT2D eigenvalue weighted by Crippen LogP contribution is -2.55. The zero-order valence-corrected chi connectivity index (χ0v) is 12.7. The van der Waals surface area contributed by atoms with Crippen LogP contribution in [0.1, 0.15) is 49.2 Å². The topological polar surface area (TPSA) is 34.2 Å². The van der Waals surface area contributed by atoms with Crippen LogP contribution in [0.15, 0.2) is 0 Å². The highest BCUT2D eigenvalue weighted by Gasteiger charge is 2.47. The molecule has 0 saturated heterocycles. The van der Waals surface area contributed by atoms with E-state index < -0.39 is 0 Å². The zero-order chi connectivity index (χ0) is 13.2. The highest BCUT2D eigenvalue weighted by atomic mass is 32.1. The van der Waals surface area contributed by atoms with Crippen molar-refractivity contribution in [2.75, 3.05) is 13.2 Å². The van der Waals surface area contributed by atoms with E-state index in [1.54, 1.807) is 0 Å². The Morgan fingerprint density at radius 3 is 2.61 bits per heavy atom. The van der Waals surface area contributed by atoms with E-state index in [0.29, 0.717) is 6.10 Å². The molecular weight excluding hydrogens is 244 g/mol. The van der Waals surface area contributed by atoms with Crippen LogP contribution in [0, 0.1) is 6.92 Å². The Labute approximate surface area is 114 Å². The lowest BCUT2D eigenvalue weighted by Gasteiger charge is -2.46. The van der Waals surface area contributed by atoms with Crippen LogP contribution >= 0.6 is 11.3 Å². The summed E-state index contributed by atoms with van der Waals surface area (Å²) in [6, 6.07) is 0. The normalized spacial score (nSPS) is 27.2. The molecule has 2 rings (SSSR count). The third-order valence-corrected chi connectivity index (χ3v) is 4.92. The number of thiazole rings is 1. The van der Waals surface area contributed by atoms with E-state index in [9.17, 15) is 0 Å². The molecule has 0 bridgehead atoms. The summed E-state index contributed by atoms with van der Waals surface area (Å²) in [5.41, 5.74) is 1.34. The zero-order valence-electron chi connectivity index (χ0n) is 11.9. The van der Waals surface area contributed by atoms with Gasteiger partial charge in [0.2, 0.25) is 0 Å². The van der Waals surface area contributed by atoms with Crippen LogP contribution in [-0.2, 0) is 16.7 Å². The molecule has 0 amide bonds. The molecule has 0 unspecified atom stereocenters. The fourth-order valence-corrected chi connectivity index (χ4v) is 3.95. The van der Waals surface area contributed by atoms with Gasteiger partial charge in [-0.05, 0) is 39.7 Å². The molecule has 1 saturated carbocycles. The van der Waals surface area contributed by atoms with Crippen molar-refractivity contribution in [3.8, 4) is 0 Å². The average molecular weight is 268 g/mol. The van der Waals surface area contributed by atoms with Crippen LogP contribution in [0.4, 0.5) is 0 Å². The van der Waals surface area contributed by atoms with Crippen molar-refractivity contribution in [1.82, 2.24) is 10.3 Å². The van der Waals surface area contributed by atoms with Gasteiger partial charge in [0.25, 0.3) is 0 Å². The Morgan fingerprint density at radius 1 is 1.39 bits per heavy atom. The van der Waals surface area contributed by atoms with Gasteiger partial charge in [0.1, 0.15) is 5.01 Å². The van der Waals surface area contributed by atoms with Gasteiger partial charge in [-0.2, -0.15) is 0 Å². The first-order valence-corrected chi connectivity index (χ1v) is 7.80. The van der Waals surface area contributed by atoms with E-state index in [1.807, 2.05) is 11.3 Å². The smallest absolute Gasteiger partial charge is 0.113 e. The first-order chi connectivity index (χ1) is 8.65. The molecule has 1 aliphatic carbocycles. The second-order valence-electron chi connectivity index (χ2n) is 4.97.